The van der Waals surface area contributed by atoms with Gasteiger partial charge in [-0.3, -0.25) is 14.4 Å². The number of urea groups is 1. The molecule has 7 heteroatoms. The van der Waals surface area contributed by atoms with Crippen molar-refractivity contribution in [1.29, 1.82) is 0 Å². The van der Waals surface area contributed by atoms with E-state index in [0.717, 1.165) is 12.1 Å². The predicted octanol–water partition coefficient (Wildman–Crippen LogP) is 0.561. The molecule has 1 N–H and O–H groups in total. The maximum Gasteiger partial charge on any atom is 0.325 e. The van der Waals surface area contributed by atoms with Gasteiger partial charge in [0.1, 0.15) is 5.54 Å². The number of imide groups is 1. The molecule has 1 fully saturated rings. The summed E-state index contributed by atoms with van der Waals surface area (Å²) in [6.07, 6.45) is 3.40. The van der Waals surface area contributed by atoms with E-state index in [1.54, 1.807) is 18.5 Å². The summed E-state index contributed by atoms with van der Waals surface area (Å²) < 4.78 is 1.74. The van der Waals surface area contributed by atoms with Gasteiger partial charge in [-0.25, -0.2) is 4.79 Å². The van der Waals surface area contributed by atoms with Gasteiger partial charge in [0, 0.05) is 19.3 Å². The van der Waals surface area contributed by atoms with Crippen molar-refractivity contribution < 1.29 is 9.59 Å². The normalized spacial score (nSPS) is 17.9. The molecule has 0 aromatic carbocycles. The van der Waals surface area contributed by atoms with E-state index >= 15 is 0 Å². The van der Waals surface area contributed by atoms with Gasteiger partial charge in [0.15, 0.2) is 0 Å². The van der Waals surface area contributed by atoms with Crippen LogP contribution in [0, 0.1) is 0 Å². The van der Waals surface area contributed by atoms with Gasteiger partial charge in [-0.2, -0.15) is 0 Å². The molecule has 0 saturated carbocycles. The molecule has 7 nitrogen and oxygen atoms in total. The van der Waals surface area contributed by atoms with E-state index in [1.807, 2.05) is 13.1 Å². The lowest BCUT2D eigenvalue weighted by Gasteiger charge is -2.15. The maximum absolute atomic E-state index is 11.9. The Balaban J connectivity index is 1.86. The Kier molecular flexibility index (Phi) is 3.55. The van der Waals surface area contributed by atoms with Crippen LogP contribution in [0.5, 0.6) is 0 Å². The van der Waals surface area contributed by atoms with E-state index in [-0.39, 0.29) is 11.9 Å². The summed E-state index contributed by atoms with van der Waals surface area (Å²) in [5.74, 6) is -0.176. The fourth-order valence-electron chi connectivity index (χ4n) is 2.02. The molecular formula is C12H19N5O2. The lowest BCUT2D eigenvalue weighted by atomic mass is 10.1. The monoisotopic (exact) mass is 265 g/mol. The first-order valence-corrected chi connectivity index (χ1v) is 6.47. The van der Waals surface area contributed by atoms with Crippen LogP contribution in [0.3, 0.4) is 0 Å². The number of nitrogens with one attached hydrogen (secondary N) is 1. The van der Waals surface area contributed by atoms with Crippen molar-refractivity contribution in [2.45, 2.75) is 45.7 Å². The number of carbonyl (C=O) groups is 2. The molecule has 1 aromatic heterocycles. The molecule has 0 unspecified atom stereocenters. The van der Waals surface area contributed by atoms with Crippen LogP contribution in [-0.4, -0.2) is 43.9 Å². The Morgan fingerprint density at radius 2 is 2.05 bits per heavy atom. The smallest absolute Gasteiger partial charge is 0.324 e. The van der Waals surface area contributed by atoms with Crippen molar-refractivity contribution >= 4 is 11.9 Å². The summed E-state index contributed by atoms with van der Waals surface area (Å²) in [5, 5.41) is 10.6. The molecule has 1 aromatic rings. The highest BCUT2D eigenvalue weighted by Crippen LogP contribution is 2.16. The van der Waals surface area contributed by atoms with Crippen molar-refractivity contribution in [1.82, 2.24) is 25.2 Å². The number of hydrogen-bond donors (Lipinski definition) is 1. The van der Waals surface area contributed by atoms with Crippen LogP contribution in [-0.2, 0) is 17.8 Å². The molecule has 2 rings (SSSR count). The van der Waals surface area contributed by atoms with Gasteiger partial charge in [-0.05, 0) is 26.7 Å². The SMILES string of the molecule is CCc1cn(CCCN2C(=O)NC(C)(C)C2=O)nn1. The van der Waals surface area contributed by atoms with Crippen LogP contribution in [0.1, 0.15) is 32.9 Å². The zero-order valence-electron chi connectivity index (χ0n) is 11.5. The highest BCUT2D eigenvalue weighted by molar-refractivity contribution is 6.06. The summed E-state index contributed by atoms with van der Waals surface area (Å²) in [4.78, 5) is 24.9. The Labute approximate surface area is 112 Å². The van der Waals surface area contributed by atoms with Crippen LogP contribution in [0.15, 0.2) is 6.20 Å². The van der Waals surface area contributed by atoms with Crippen molar-refractivity contribution in [2.75, 3.05) is 6.54 Å². The first kappa shape index (κ1) is 13.5. The number of nitrogens with zero attached hydrogens (tertiary/aromatic N) is 4. The van der Waals surface area contributed by atoms with E-state index in [1.165, 1.54) is 4.90 Å². The van der Waals surface area contributed by atoms with Gasteiger partial charge in [0.05, 0.1) is 5.69 Å². The summed E-state index contributed by atoms with van der Waals surface area (Å²) in [5.41, 5.74) is 0.149. The molecule has 19 heavy (non-hydrogen) atoms. The molecule has 1 saturated heterocycles. The summed E-state index contributed by atoms with van der Waals surface area (Å²) in [7, 11) is 0. The summed E-state index contributed by atoms with van der Waals surface area (Å²) in [6, 6.07) is -0.317. The van der Waals surface area contributed by atoms with Crippen LogP contribution in [0.2, 0.25) is 0 Å². The lowest BCUT2D eigenvalue weighted by Crippen LogP contribution is -2.40. The number of rotatable bonds is 5. The van der Waals surface area contributed by atoms with Crippen molar-refractivity contribution in [2.24, 2.45) is 0 Å². The molecule has 1 aliphatic rings. The number of hydrogen-bond acceptors (Lipinski definition) is 4. The van der Waals surface area contributed by atoms with Gasteiger partial charge in [0.25, 0.3) is 5.91 Å². The molecule has 0 radical (unpaired) electrons. The van der Waals surface area contributed by atoms with E-state index < -0.39 is 5.54 Å². The zero-order chi connectivity index (χ0) is 14.0. The average Bonchev–Trinajstić information content (AvgIpc) is 2.87. The second-order valence-corrected chi connectivity index (χ2v) is 5.19. The molecule has 104 valence electrons. The number of aromatic nitrogens is 3. The zero-order valence-corrected chi connectivity index (χ0v) is 11.5. The molecule has 0 aliphatic carbocycles. The van der Waals surface area contributed by atoms with Crippen LogP contribution < -0.4 is 5.32 Å². The van der Waals surface area contributed by atoms with Gasteiger partial charge in [-0.1, -0.05) is 12.1 Å². The Hall–Kier alpha value is -1.92. The highest BCUT2D eigenvalue weighted by atomic mass is 16.2. The Morgan fingerprint density at radius 1 is 1.32 bits per heavy atom. The van der Waals surface area contributed by atoms with E-state index in [4.69, 9.17) is 0 Å². The highest BCUT2D eigenvalue weighted by Gasteiger charge is 2.43. The standard InChI is InChI=1S/C12H19N5O2/c1-4-9-8-16(15-14-9)6-5-7-17-10(18)12(2,3)13-11(17)19/h8H,4-7H2,1-3H3,(H,13,19). The number of carbonyl (C=O) groups excluding carboxylic acids is 2. The minimum atomic E-state index is -0.792. The Bertz CT molecular complexity index is 494. The van der Waals surface area contributed by atoms with Gasteiger partial charge in [-0.15, -0.1) is 5.10 Å². The molecular weight excluding hydrogens is 246 g/mol. The molecule has 0 bridgehead atoms. The summed E-state index contributed by atoms with van der Waals surface area (Å²) in [6.45, 7) is 6.47. The first-order valence-electron chi connectivity index (χ1n) is 6.47. The van der Waals surface area contributed by atoms with Crippen molar-refractivity contribution in [3.63, 3.8) is 0 Å². The number of aryl methyl sites for hydroxylation is 2. The lowest BCUT2D eigenvalue weighted by molar-refractivity contribution is -0.130. The third-order valence-electron chi connectivity index (χ3n) is 3.16. The van der Waals surface area contributed by atoms with E-state index in [9.17, 15) is 9.59 Å². The minimum absolute atomic E-state index is 0.176. The molecule has 0 atom stereocenters. The fourth-order valence-corrected chi connectivity index (χ4v) is 2.02. The molecule has 1 aliphatic heterocycles. The second-order valence-electron chi connectivity index (χ2n) is 5.19. The van der Waals surface area contributed by atoms with Crippen LogP contribution >= 0.6 is 0 Å². The Morgan fingerprint density at radius 3 is 2.58 bits per heavy atom. The second kappa shape index (κ2) is 4.99. The molecule has 2 heterocycles. The summed E-state index contributed by atoms with van der Waals surface area (Å²) >= 11 is 0. The van der Waals surface area contributed by atoms with Gasteiger partial charge >= 0.3 is 6.03 Å². The fraction of sp³-hybridized carbons (Fsp3) is 0.667. The molecule has 0 spiro atoms. The van der Waals surface area contributed by atoms with Gasteiger partial charge in [0.2, 0.25) is 0 Å². The van der Waals surface area contributed by atoms with Crippen LogP contribution in [0.25, 0.3) is 0 Å². The first-order chi connectivity index (χ1) is 8.94. The van der Waals surface area contributed by atoms with Crippen molar-refractivity contribution in [3.05, 3.63) is 11.9 Å². The maximum atomic E-state index is 11.9. The van der Waals surface area contributed by atoms with E-state index in [0.29, 0.717) is 19.5 Å². The predicted molar refractivity (Wildman–Crippen MR) is 68.3 cm³/mol. The number of amides is 3. The largest absolute Gasteiger partial charge is 0.325 e. The quantitative estimate of drug-likeness (QED) is 0.789. The van der Waals surface area contributed by atoms with Gasteiger partial charge < -0.3 is 5.32 Å². The topological polar surface area (TPSA) is 80.1 Å². The van der Waals surface area contributed by atoms with E-state index in [2.05, 4.69) is 15.6 Å². The molecule has 3 amide bonds. The minimum Gasteiger partial charge on any atom is -0.324 e. The third kappa shape index (κ3) is 2.74. The van der Waals surface area contributed by atoms with Crippen LogP contribution in [0.4, 0.5) is 4.79 Å². The average molecular weight is 265 g/mol. The van der Waals surface area contributed by atoms with Crippen molar-refractivity contribution in [3.8, 4) is 0 Å². The third-order valence-corrected chi connectivity index (χ3v) is 3.16.